The summed E-state index contributed by atoms with van der Waals surface area (Å²) < 4.78 is 11.0. The molecule has 2 aromatic carbocycles. The highest BCUT2D eigenvalue weighted by Crippen LogP contribution is 2.31. The van der Waals surface area contributed by atoms with Gasteiger partial charge in [-0.25, -0.2) is 0 Å². The number of methoxy groups -OCH3 is 1. The number of hydrogen-bond donors (Lipinski definition) is 3. The summed E-state index contributed by atoms with van der Waals surface area (Å²) in [4.78, 5) is 4.30. The number of halogens is 1. The fourth-order valence-electron chi connectivity index (χ4n) is 3.60. The quantitative estimate of drug-likeness (QED) is 0.303. The number of aromatic hydroxyl groups is 1. The van der Waals surface area contributed by atoms with E-state index >= 15 is 0 Å². The van der Waals surface area contributed by atoms with Crippen LogP contribution >= 0.6 is 24.0 Å². The molecule has 0 saturated heterocycles. The van der Waals surface area contributed by atoms with E-state index in [-0.39, 0.29) is 24.0 Å². The smallest absolute Gasteiger partial charge is 0.195 e. The molecule has 0 radical (unpaired) electrons. The standard InChI is InChI=1S/C22H29N3O3.HI/c1-4-28-21-13-16(10-12-20(21)27-3)25-22(23-2)24-14-18-17-8-6-5-7-15(17)9-11-19(18)26;/h9-13,26H,4-8,14H2,1-3H3,(H2,23,24,25);1H. The molecule has 2 aromatic rings. The van der Waals surface area contributed by atoms with Gasteiger partial charge in [-0.3, -0.25) is 4.99 Å². The van der Waals surface area contributed by atoms with Crippen molar-refractivity contribution in [2.75, 3.05) is 26.1 Å². The van der Waals surface area contributed by atoms with Crippen molar-refractivity contribution in [2.24, 2.45) is 4.99 Å². The molecule has 0 saturated carbocycles. The molecule has 0 spiro atoms. The predicted octanol–water partition coefficient (Wildman–Crippen LogP) is 4.48. The second-order valence-electron chi connectivity index (χ2n) is 6.76. The molecule has 3 rings (SSSR count). The molecule has 0 heterocycles. The SMILES string of the molecule is CCOc1cc(NC(=NC)NCc2c(O)ccc3c2CCCC3)ccc1OC.I. The van der Waals surface area contributed by atoms with Gasteiger partial charge in [0.05, 0.1) is 13.7 Å². The number of benzene rings is 2. The normalized spacial score (nSPS) is 13.1. The van der Waals surface area contributed by atoms with Gasteiger partial charge in [0.2, 0.25) is 0 Å². The fraction of sp³-hybridized carbons (Fsp3) is 0.409. The first-order chi connectivity index (χ1) is 13.7. The van der Waals surface area contributed by atoms with Crippen molar-refractivity contribution in [3.05, 3.63) is 47.0 Å². The number of aliphatic imine (C=N–C) groups is 1. The number of guanidine groups is 1. The maximum absolute atomic E-state index is 10.4. The lowest BCUT2D eigenvalue weighted by atomic mass is 9.88. The summed E-state index contributed by atoms with van der Waals surface area (Å²) in [6.07, 6.45) is 4.49. The number of fused-ring (bicyclic) bond motifs is 1. The Bertz CT molecular complexity index is 855. The van der Waals surface area contributed by atoms with Crippen LogP contribution in [0.4, 0.5) is 5.69 Å². The zero-order chi connectivity index (χ0) is 19.9. The van der Waals surface area contributed by atoms with Gasteiger partial charge in [-0.1, -0.05) is 6.07 Å². The number of aryl methyl sites for hydroxylation is 1. The first kappa shape index (κ1) is 23.1. The third-order valence-electron chi connectivity index (χ3n) is 5.01. The van der Waals surface area contributed by atoms with Crippen LogP contribution in [0.5, 0.6) is 17.2 Å². The predicted molar refractivity (Wildman–Crippen MR) is 128 cm³/mol. The van der Waals surface area contributed by atoms with Gasteiger partial charge >= 0.3 is 0 Å². The minimum atomic E-state index is 0. The van der Waals surface area contributed by atoms with Gasteiger partial charge < -0.3 is 25.2 Å². The van der Waals surface area contributed by atoms with Crippen molar-refractivity contribution in [1.29, 1.82) is 0 Å². The van der Waals surface area contributed by atoms with Crippen LogP contribution in [-0.4, -0.2) is 31.8 Å². The van der Waals surface area contributed by atoms with Gasteiger partial charge in [-0.15, -0.1) is 24.0 Å². The maximum atomic E-state index is 10.4. The number of anilines is 1. The Labute approximate surface area is 189 Å². The van der Waals surface area contributed by atoms with Gasteiger partial charge in [-0.05, 0) is 61.9 Å². The molecular formula is C22H30IN3O3. The third kappa shape index (κ3) is 5.68. The van der Waals surface area contributed by atoms with Crippen molar-refractivity contribution in [3.8, 4) is 17.2 Å². The van der Waals surface area contributed by atoms with E-state index in [4.69, 9.17) is 9.47 Å². The molecule has 1 aliphatic carbocycles. The Kier molecular flexibility index (Phi) is 8.88. The van der Waals surface area contributed by atoms with Crippen molar-refractivity contribution < 1.29 is 14.6 Å². The number of ether oxygens (including phenoxy) is 2. The molecule has 1 aliphatic rings. The van der Waals surface area contributed by atoms with E-state index in [1.165, 1.54) is 24.0 Å². The first-order valence-corrected chi connectivity index (χ1v) is 9.77. The minimum Gasteiger partial charge on any atom is -0.508 e. The molecule has 0 bridgehead atoms. The van der Waals surface area contributed by atoms with Crippen LogP contribution in [0.25, 0.3) is 0 Å². The molecule has 0 aliphatic heterocycles. The third-order valence-corrected chi connectivity index (χ3v) is 5.01. The first-order valence-electron chi connectivity index (χ1n) is 9.77. The van der Waals surface area contributed by atoms with E-state index < -0.39 is 0 Å². The summed E-state index contributed by atoms with van der Waals surface area (Å²) in [5.74, 6) is 2.34. The minimum absolute atomic E-state index is 0. The Hall–Kier alpha value is -2.16. The molecule has 0 aromatic heterocycles. The van der Waals surface area contributed by atoms with Crippen LogP contribution in [0.1, 0.15) is 36.5 Å². The molecule has 6 nitrogen and oxygen atoms in total. The zero-order valence-electron chi connectivity index (χ0n) is 17.2. The van der Waals surface area contributed by atoms with E-state index in [1.807, 2.05) is 31.2 Å². The highest BCUT2D eigenvalue weighted by atomic mass is 127. The summed E-state index contributed by atoms with van der Waals surface area (Å²) in [7, 11) is 3.35. The number of nitrogens with zero attached hydrogens (tertiary/aromatic N) is 1. The molecule has 3 N–H and O–H groups in total. The van der Waals surface area contributed by atoms with E-state index in [2.05, 4.69) is 15.6 Å². The van der Waals surface area contributed by atoms with Gasteiger partial charge in [0, 0.05) is 30.9 Å². The zero-order valence-corrected chi connectivity index (χ0v) is 19.6. The van der Waals surface area contributed by atoms with E-state index in [1.54, 1.807) is 20.2 Å². The number of rotatable bonds is 6. The van der Waals surface area contributed by atoms with Gasteiger partial charge in [0.25, 0.3) is 0 Å². The molecule has 158 valence electrons. The fourth-order valence-corrected chi connectivity index (χ4v) is 3.60. The summed E-state index contributed by atoms with van der Waals surface area (Å²) in [5, 5.41) is 16.9. The number of phenolic OH excluding ortho intramolecular Hbond substituents is 1. The molecule has 0 unspecified atom stereocenters. The molecule has 7 heteroatoms. The average Bonchev–Trinajstić information content (AvgIpc) is 2.72. The van der Waals surface area contributed by atoms with E-state index in [9.17, 15) is 5.11 Å². The van der Waals surface area contributed by atoms with Crippen LogP contribution in [0.2, 0.25) is 0 Å². The molecule has 0 fully saturated rings. The van der Waals surface area contributed by atoms with E-state index in [0.717, 1.165) is 24.1 Å². The highest BCUT2D eigenvalue weighted by Gasteiger charge is 2.16. The highest BCUT2D eigenvalue weighted by molar-refractivity contribution is 14.0. The van der Waals surface area contributed by atoms with Gasteiger partial charge in [0.15, 0.2) is 17.5 Å². The van der Waals surface area contributed by atoms with Crippen molar-refractivity contribution in [1.82, 2.24) is 5.32 Å². The molecule has 0 atom stereocenters. The second-order valence-corrected chi connectivity index (χ2v) is 6.76. The topological polar surface area (TPSA) is 75.1 Å². The Morgan fingerprint density at radius 1 is 1.14 bits per heavy atom. The Morgan fingerprint density at radius 3 is 2.66 bits per heavy atom. The lowest BCUT2D eigenvalue weighted by Crippen LogP contribution is -2.30. The molecular weight excluding hydrogens is 481 g/mol. The molecule has 0 amide bonds. The van der Waals surface area contributed by atoms with Crippen molar-refractivity contribution in [2.45, 2.75) is 39.2 Å². The largest absolute Gasteiger partial charge is 0.508 e. The van der Waals surface area contributed by atoms with Crippen LogP contribution < -0.4 is 20.1 Å². The lowest BCUT2D eigenvalue weighted by Gasteiger charge is -2.21. The van der Waals surface area contributed by atoms with Crippen molar-refractivity contribution >= 4 is 35.6 Å². The van der Waals surface area contributed by atoms with Crippen LogP contribution in [0.3, 0.4) is 0 Å². The number of phenols is 1. The summed E-state index contributed by atoms with van der Waals surface area (Å²) >= 11 is 0. The Morgan fingerprint density at radius 2 is 1.93 bits per heavy atom. The van der Waals surface area contributed by atoms with Gasteiger partial charge in [-0.2, -0.15) is 0 Å². The Balaban J connectivity index is 0.00000300. The summed E-state index contributed by atoms with van der Waals surface area (Å²) in [6.45, 7) is 3.02. The van der Waals surface area contributed by atoms with Crippen LogP contribution in [0.15, 0.2) is 35.3 Å². The maximum Gasteiger partial charge on any atom is 0.195 e. The lowest BCUT2D eigenvalue weighted by molar-refractivity contribution is 0.311. The summed E-state index contributed by atoms with van der Waals surface area (Å²) in [5.41, 5.74) is 4.43. The van der Waals surface area contributed by atoms with Crippen LogP contribution in [0, 0.1) is 0 Å². The van der Waals surface area contributed by atoms with Gasteiger partial charge in [0.1, 0.15) is 5.75 Å². The van der Waals surface area contributed by atoms with Crippen molar-refractivity contribution in [3.63, 3.8) is 0 Å². The average molecular weight is 511 g/mol. The van der Waals surface area contributed by atoms with E-state index in [0.29, 0.717) is 36.4 Å². The molecule has 29 heavy (non-hydrogen) atoms. The number of hydrogen-bond acceptors (Lipinski definition) is 4. The second kappa shape index (κ2) is 11.1. The monoisotopic (exact) mass is 511 g/mol. The van der Waals surface area contributed by atoms with Crippen LogP contribution in [-0.2, 0) is 19.4 Å². The number of nitrogens with one attached hydrogen (secondary N) is 2. The summed E-state index contributed by atoms with van der Waals surface area (Å²) in [6, 6.07) is 9.51.